The van der Waals surface area contributed by atoms with Gasteiger partial charge in [-0.1, -0.05) is 18.2 Å². The second-order valence-electron chi connectivity index (χ2n) is 7.22. The first-order valence-corrected chi connectivity index (χ1v) is 11.1. The van der Waals surface area contributed by atoms with Crippen LogP contribution in [0.2, 0.25) is 0 Å². The van der Waals surface area contributed by atoms with E-state index in [1.807, 2.05) is 26.0 Å². The molecule has 1 atom stereocenters. The molecule has 0 radical (unpaired) electrons. The second-order valence-corrected chi connectivity index (χ2v) is 9.06. The molecule has 168 valence electrons. The standard InChI is InChI=1S/C21H23N5O4S2/c1-11(2)17(15-9-8-12(3)31-15)23-20-19(24-32-25-20)22-14-7-5-6-13(18(14)29)21(30)26(4)10-16(27)28/h5-9,17,29H,1,10H2,2-4H3,(H,22,24)(H,23,25)(H,27,28). The molecule has 0 saturated heterocycles. The summed E-state index contributed by atoms with van der Waals surface area (Å²) in [5.41, 5.74) is 1.13. The summed E-state index contributed by atoms with van der Waals surface area (Å²) in [7, 11) is 1.35. The van der Waals surface area contributed by atoms with Gasteiger partial charge in [-0.25, -0.2) is 0 Å². The van der Waals surface area contributed by atoms with Crippen molar-refractivity contribution in [3.8, 4) is 5.75 Å². The molecular formula is C21H23N5O4S2. The van der Waals surface area contributed by atoms with Gasteiger partial charge in [0.1, 0.15) is 6.54 Å². The fourth-order valence-corrected chi connectivity index (χ4v) is 4.47. The molecule has 1 amide bonds. The number of carbonyl (C=O) groups excluding carboxylic acids is 1. The van der Waals surface area contributed by atoms with Crippen molar-refractivity contribution >= 4 is 52.3 Å². The van der Waals surface area contributed by atoms with Gasteiger partial charge in [-0.3, -0.25) is 9.59 Å². The number of rotatable bonds is 9. The molecule has 0 aliphatic rings. The lowest BCUT2D eigenvalue weighted by Crippen LogP contribution is -2.32. The SMILES string of the molecule is C=C(C)C(Nc1nsnc1Nc1cccc(C(=O)N(C)CC(=O)O)c1O)c1ccc(C)s1. The number of para-hydroxylation sites is 1. The highest BCUT2D eigenvalue weighted by Crippen LogP contribution is 2.36. The number of phenolic OH excluding ortho intramolecular Hbond substituents is 1. The summed E-state index contributed by atoms with van der Waals surface area (Å²) in [4.78, 5) is 26.7. The molecule has 3 aromatic rings. The van der Waals surface area contributed by atoms with Gasteiger partial charge in [-0.05, 0) is 38.1 Å². The number of aryl methyl sites for hydroxylation is 1. The molecule has 2 aromatic heterocycles. The van der Waals surface area contributed by atoms with Crippen LogP contribution in [0.3, 0.4) is 0 Å². The van der Waals surface area contributed by atoms with Crippen molar-refractivity contribution < 1.29 is 19.8 Å². The molecule has 3 rings (SSSR count). The number of hydrogen-bond acceptors (Lipinski definition) is 9. The predicted molar refractivity (Wildman–Crippen MR) is 126 cm³/mol. The lowest BCUT2D eigenvalue weighted by molar-refractivity contribution is -0.137. The van der Waals surface area contributed by atoms with Crippen LogP contribution in [-0.4, -0.2) is 49.3 Å². The summed E-state index contributed by atoms with van der Waals surface area (Å²) in [6.45, 7) is 7.55. The van der Waals surface area contributed by atoms with Crippen LogP contribution >= 0.6 is 23.1 Å². The Kier molecular flexibility index (Phi) is 7.11. The van der Waals surface area contributed by atoms with Crippen molar-refractivity contribution in [1.29, 1.82) is 0 Å². The number of anilines is 3. The molecule has 32 heavy (non-hydrogen) atoms. The molecule has 4 N–H and O–H groups in total. The highest BCUT2D eigenvalue weighted by molar-refractivity contribution is 7.12. The van der Waals surface area contributed by atoms with Gasteiger partial charge >= 0.3 is 5.97 Å². The van der Waals surface area contributed by atoms with Crippen LogP contribution in [0.25, 0.3) is 0 Å². The Morgan fingerprint density at radius 3 is 2.56 bits per heavy atom. The molecule has 0 aliphatic carbocycles. The van der Waals surface area contributed by atoms with Crippen molar-refractivity contribution in [3.05, 3.63) is 57.8 Å². The average Bonchev–Trinajstić information content (AvgIpc) is 3.35. The number of likely N-dealkylation sites (N-methyl/N-ethyl adjacent to an activating group) is 1. The molecule has 0 bridgehead atoms. The summed E-state index contributed by atoms with van der Waals surface area (Å²) in [6, 6.07) is 8.51. The maximum atomic E-state index is 12.5. The van der Waals surface area contributed by atoms with Crippen LogP contribution < -0.4 is 10.6 Å². The van der Waals surface area contributed by atoms with E-state index in [1.54, 1.807) is 23.5 Å². The van der Waals surface area contributed by atoms with Crippen LogP contribution in [0.5, 0.6) is 5.75 Å². The highest BCUT2D eigenvalue weighted by atomic mass is 32.1. The zero-order valence-electron chi connectivity index (χ0n) is 17.7. The summed E-state index contributed by atoms with van der Waals surface area (Å²) < 4.78 is 8.57. The highest BCUT2D eigenvalue weighted by Gasteiger charge is 2.22. The number of benzene rings is 1. The molecule has 0 fully saturated rings. The van der Waals surface area contributed by atoms with E-state index in [0.717, 1.165) is 27.1 Å². The molecule has 1 aromatic carbocycles. The molecule has 9 nitrogen and oxygen atoms in total. The quantitative estimate of drug-likeness (QED) is 0.268. The molecule has 2 heterocycles. The van der Waals surface area contributed by atoms with Gasteiger partial charge in [0.2, 0.25) is 0 Å². The van der Waals surface area contributed by atoms with Gasteiger partial charge in [-0.15, -0.1) is 11.3 Å². The Morgan fingerprint density at radius 2 is 1.94 bits per heavy atom. The number of hydrogen-bond donors (Lipinski definition) is 4. The molecule has 0 saturated carbocycles. The number of aliphatic carboxylic acids is 1. The number of carboxylic acids is 1. The lowest BCUT2D eigenvalue weighted by atomic mass is 10.1. The van der Waals surface area contributed by atoms with Gasteiger partial charge in [0.25, 0.3) is 5.91 Å². The van der Waals surface area contributed by atoms with Crippen molar-refractivity contribution in [2.24, 2.45) is 0 Å². The fraction of sp³-hybridized carbons (Fsp3) is 0.238. The Bertz CT molecular complexity index is 1160. The van der Waals surface area contributed by atoms with E-state index < -0.39 is 18.4 Å². The summed E-state index contributed by atoms with van der Waals surface area (Å²) in [5, 5.41) is 25.9. The van der Waals surface area contributed by atoms with Crippen molar-refractivity contribution in [1.82, 2.24) is 13.6 Å². The number of thiophene rings is 1. The number of carbonyl (C=O) groups is 2. The Morgan fingerprint density at radius 1 is 1.22 bits per heavy atom. The monoisotopic (exact) mass is 473 g/mol. The van der Waals surface area contributed by atoms with Crippen molar-refractivity contribution in [2.75, 3.05) is 24.2 Å². The van der Waals surface area contributed by atoms with E-state index in [-0.39, 0.29) is 23.0 Å². The first-order valence-electron chi connectivity index (χ1n) is 9.54. The minimum atomic E-state index is -1.15. The van der Waals surface area contributed by atoms with Gasteiger partial charge in [0.15, 0.2) is 17.4 Å². The Hall–Kier alpha value is -3.44. The normalized spacial score (nSPS) is 11.6. The van der Waals surface area contributed by atoms with E-state index in [9.17, 15) is 14.7 Å². The third kappa shape index (κ3) is 5.24. The first-order chi connectivity index (χ1) is 15.2. The summed E-state index contributed by atoms with van der Waals surface area (Å²) in [6.07, 6.45) is 0. The Labute approximate surface area is 193 Å². The van der Waals surface area contributed by atoms with E-state index >= 15 is 0 Å². The predicted octanol–water partition coefficient (Wildman–Crippen LogP) is 4.24. The average molecular weight is 474 g/mol. The van der Waals surface area contributed by atoms with E-state index in [1.165, 1.54) is 18.0 Å². The molecule has 0 spiro atoms. The topological polar surface area (TPSA) is 128 Å². The van der Waals surface area contributed by atoms with Crippen molar-refractivity contribution in [3.63, 3.8) is 0 Å². The van der Waals surface area contributed by atoms with E-state index in [0.29, 0.717) is 11.6 Å². The number of amides is 1. The van der Waals surface area contributed by atoms with Crippen LogP contribution in [-0.2, 0) is 4.79 Å². The second kappa shape index (κ2) is 9.79. The maximum Gasteiger partial charge on any atom is 0.323 e. The minimum Gasteiger partial charge on any atom is -0.505 e. The Balaban J connectivity index is 1.84. The minimum absolute atomic E-state index is 0.0229. The van der Waals surface area contributed by atoms with Gasteiger partial charge in [-0.2, -0.15) is 8.75 Å². The van der Waals surface area contributed by atoms with E-state index in [2.05, 4.69) is 26.0 Å². The number of aromatic hydroxyl groups is 1. The lowest BCUT2D eigenvalue weighted by Gasteiger charge is -2.19. The van der Waals surface area contributed by atoms with E-state index in [4.69, 9.17) is 5.11 Å². The molecule has 1 unspecified atom stereocenters. The van der Waals surface area contributed by atoms with Gasteiger partial charge in [0.05, 0.1) is 29.0 Å². The van der Waals surface area contributed by atoms with Crippen molar-refractivity contribution in [2.45, 2.75) is 19.9 Å². The molecule has 0 aliphatic heterocycles. The maximum absolute atomic E-state index is 12.5. The van der Waals surface area contributed by atoms with Gasteiger partial charge in [0, 0.05) is 16.8 Å². The summed E-state index contributed by atoms with van der Waals surface area (Å²) >= 11 is 2.65. The third-order valence-corrected chi connectivity index (χ3v) is 6.14. The largest absolute Gasteiger partial charge is 0.505 e. The number of phenols is 1. The van der Waals surface area contributed by atoms with Crippen LogP contribution in [0.15, 0.2) is 42.5 Å². The van der Waals surface area contributed by atoms with Gasteiger partial charge < -0.3 is 25.7 Å². The third-order valence-electron chi connectivity index (χ3n) is 4.55. The smallest absolute Gasteiger partial charge is 0.323 e. The number of carboxylic acid groups (broad SMARTS) is 1. The number of nitrogens with zero attached hydrogens (tertiary/aromatic N) is 3. The van der Waals surface area contributed by atoms with Crippen LogP contribution in [0.1, 0.15) is 33.1 Å². The number of nitrogens with one attached hydrogen (secondary N) is 2. The number of aromatic nitrogens is 2. The van der Waals surface area contributed by atoms with Crippen LogP contribution in [0, 0.1) is 6.92 Å². The first kappa shape index (κ1) is 23.2. The zero-order chi connectivity index (χ0) is 23.4. The zero-order valence-corrected chi connectivity index (χ0v) is 19.4. The molecule has 11 heteroatoms. The summed E-state index contributed by atoms with van der Waals surface area (Å²) in [5.74, 6) is -1.20. The molecular weight excluding hydrogens is 450 g/mol. The fourth-order valence-electron chi connectivity index (χ4n) is 2.97. The van der Waals surface area contributed by atoms with Crippen LogP contribution in [0.4, 0.5) is 17.3 Å².